The van der Waals surface area contributed by atoms with E-state index in [-0.39, 0.29) is 12.3 Å². The summed E-state index contributed by atoms with van der Waals surface area (Å²) in [4.78, 5) is 23.8. The van der Waals surface area contributed by atoms with Crippen LogP contribution in [0.4, 0.5) is 0 Å². The molecular formula is C17H24N2O5. The number of ether oxygens (including phenoxy) is 2. The number of hydrogen-bond donors (Lipinski definition) is 3. The van der Waals surface area contributed by atoms with E-state index in [1.807, 2.05) is 0 Å². The van der Waals surface area contributed by atoms with Crippen LogP contribution in [0.2, 0.25) is 0 Å². The van der Waals surface area contributed by atoms with Crippen molar-refractivity contribution in [2.45, 2.75) is 43.7 Å². The van der Waals surface area contributed by atoms with Gasteiger partial charge in [0.2, 0.25) is 5.91 Å². The van der Waals surface area contributed by atoms with Gasteiger partial charge in [-0.3, -0.25) is 4.79 Å². The van der Waals surface area contributed by atoms with Crippen molar-refractivity contribution in [3.8, 4) is 11.5 Å². The third-order valence-electron chi connectivity index (χ3n) is 4.49. The van der Waals surface area contributed by atoms with Gasteiger partial charge in [-0.1, -0.05) is 18.9 Å². The predicted molar refractivity (Wildman–Crippen MR) is 88.1 cm³/mol. The monoisotopic (exact) mass is 336 g/mol. The summed E-state index contributed by atoms with van der Waals surface area (Å²) in [5, 5.41) is 12.1. The standard InChI is InChI=1S/C17H24N2O5/c1-23-13-6-5-11(9-14(13)24-2)12(18)10-15(20)19-17(16(21)22)7-3-4-8-17/h5-6,9,12H,3-4,7-8,10,18H2,1-2H3,(H,19,20)(H,21,22)/t12-/m0/s1. The molecule has 1 aliphatic carbocycles. The number of carbonyl (C=O) groups is 2. The van der Waals surface area contributed by atoms with Crippen LogP contribution in [-0.2, 0) is 9.59 Å². The summed E-state index contributed by atoms with van der Waals surface area (Å²) < 4.78 is 10.4. The second-order valence-electron chi connectivity index (χ2n) is 6.07. The van der Waals surface area contributed by atoms with Crippen LogP contribution >= 0.6 is 0 Å². The highest BCUT2D eigenvalue weighted by Gasteiger charge is 2.42. The molecule has 0 bridgehead atoms. The minimum Gasteiger partial charge on any atom is -0.493 e. The fraction of sp³-hybridized carbons (Fsp3) is 0.529. The maximum atomic E-state index is 12.3. The Bertz CT molecular complexity index is 611. The Balaban J connectivity index is 2.05. The lowest BCUT2D eigenvalue weighted by Gasteiger charge is -2.26. The van der Waals surface area contributed by atoms with Crippen molar-refractivity contribution >= 4 is 11.9 Å². The van der Waals surface area contributed by atoms with E-state index in [4.69, 9.17) is 15.2 Å². The summed E-state index contributed by atoms with van der Waals surface area (Å²) in [6.45, 7) is 0. The van der Waals surface area contributed by atoms with Crippen LogP contribution in [0.3, 0.4) is 0 Å². The number of benzene rings is 1. The molecular weight excluding hydrogens is 312 g/mol. The van der Waals surface area contributed by atoms with Crippen LogP contribution in [0.25, 0.3) is 0 Å². The normalized spacial score (nSPS) is 17.1. The van der Waals surface area contributed by atoms with Crippen molar-refractivity contribution in [3.63, 3.8) is 0 Å². The maximum Gasteiger partial charge on any atom is 0.329 e. The highest BCUT2D eigenvalue weighted by atomic mass is 16.5. The van der Waals surface area contributed by atoms with Crippen molar-refractivity contribution in [3.05, 3.63) is 23.8 Å². The molecule has 0 aliphatic heterocycles. The number of methoxy groups -OCH3 is 2. The number of carboxylic acids is 1. The largest absolute Gasteiger partial charge is 0.493 e. The molecule has 0 saturated heterocycles. The average molecular weight is 336 g/mol. The van der Waals surface area contributed by atoms with Crippen LogP contribution in [0.1, 0.15) is 43.7 Å². The molecule has 1 saturated carbocycles. The Hall–Kier alpha value is -2.28. The molecule has 1 amide bonds. The van der Waals surface area contributed by atoms with Gasteiger partial charge in [0.1, 0.15) is 5.54 Å². The summed E-state index contributed by atoms with van der Waals surface area (Å²) >= 11 is 0. The molecule has 1 aromatic carbocycles. The van der Waals surface area contributed by atoms with E-state index in [1.165, 1.54) is 14.2 Å². The third-order valence-corrected chi connectivity index (χ3v) is 4.49. The highest BCUT2D eigenvalue weighted by molar-refractivity contribution is 5.87. The van der Waals surface area contributed by atoms with Gasteiger partial charge >= 0.3 is 5.97 Å². The first-order valence-corrected chi connectivity index (χ1v) is 7.94. The number of aliphatic carboxylic acids is 1. The van der Waals surface area contributed by atoms with Gasteiger partial charge in [-0.25, -0.2) is 4.79 Å². The first kappa shape index (κ1) is 18.1. The van der Waals surface area contributed by atoms with E-state index in [2.05, 4.69) is 5.32 Å². The molecule has 0 aromatic heterocycles. The van der Waals surface area contributed by atoms with E-state index < -0.39 is 17.6 Å². The molecule has 7 heteroatoms. The first-order chi connectivity index (χ1) is 11.4. The zero-order valence-electron chi connectivity index (χ0n) is 14.0. The quantitative estimate of drug-likeness (QED) is 0.697. The van der Waals surface area contributed by atoms with Gasteiger partial charge in [-0.05, 0) is 30.5 Å². The Kier molecular flexibility index (Phi) is 5.66. The van der Waals surface area contributed by atoms with Gasteiger partial charge in [0.25, 0.3) is 0 Å². The molecule has 2 rings (SSSR count). The lowest BCUT2D eigenvalue weighted by Crippen LogP contribution is -2.52. The van der Waals surface area contributed by atoms with E-state index >= 15 is 0 Å². The fourth-order valence-corrected chi connectivity index (χ4v) is 3.09. The lowest BCUT2D eigenvalue weighted by atomic mass is 9.96. The zero-order valence-corrected chi connectivity index (χ0v) is 14.0. The van der Waals surface area contributed by atoms with Crippen LogP contribution in [0.15, 0.2) is 18.2 Å². The predicted octanol–water partition coefficient (Wildman–Crippen LogP) is 1.61. The number of nitrogens with one attached hydrogen (secondary N) is 1. The first-order valence-electron chi connectivity index (χ1n) is 7.94. The van der Waals surface area contributed by atoms with Crippen LogP contribution < -0.4 is 20.5 Å². The maximum absolute atomic E-state index is 12.3. The number of hydrogen-bond acceptors (Lipinski definition) is 5. The topological polar surface area (TPSA) is 111 Å². The van der Waals surface area contributed by atoms with Crippen molar-refractivity contribution in [2.75, 3.05) is 14.2 Å². The molecule has 1 atom stereocenters. The van der Waals surface area contributed by atoms with Gasteiger partial charge < -0.3 is 25.6 Å². The minimum absolute atomic E-state index is 0.00448. The van der Waals surface area contributed by atoms with Crippen molar-refractivity contribution in [1.82, 2.24) is 5.32 Å². The summed E-state index contributed by atoms with van der Waals surface area (Å²) in [6.07, 6.45) is 2.52. The molecule has 1 fully saturated rings. The Morgan fingerprint density at radius 2 is 1.88 bits per heavy atom. The Morgan fingerprint density at radius 1 is 1.25 bits per heavy atom. The molecule has 4 N–H and O–H groups in total. The summed E-state index contributed by atoms with van der Waals surface area (Å²) in [5.41, 5.74) is 5.68. The van der Waals surface area contributed by atoms with E-state index in [0.717, 1.165) is 18.4 Å². The van der Waals surface area contributed by atoms with Gasteiger partial charge in [0.15, 0.2) is 11.5 Å². The minimum atomic E-state index is -1.14. The van der Waals surface area contributed by atoms with Gasteiger partial charge in [0.05, 0.1) is 14.2 Å². The number of rotatable bonds is 7. The van der Waals surface area contributed by atoms with Crippen molar-refractivity contribution < 1.29 is 24.2 Å². The summed E-state index contributed by atoms with van der Waals surface area (Å²) in [6, 6.07) is 4.65. The number of carboxylic acid groups (broad SMARTS) is 1. The molecule has 0 spiro atoms. The molecule has 1 aliphatic rings. The van der Waals surface area contributed by atoms with E-state index in [9.17, 15) is 14.7 Å². The average Bonchev–Trinajstić information content (AvgIpc) is 3.03. The smallest absolute Gasteiger partial charge is 0.329 e. The third kappa shape index (κ3) is 3.79. The lowest BCUT2D eigenvalue weighted by molar-refractivity contribution is -0.147. The Labute approximate surface area is 141 Å². The second kappa shape index (κ2) is 7.53. The number of nitrogens with two attached hydrogens (primary N) is 1. The number of carbonyl (C=O) groups excluding carboxylic acids is 1. The molecule has 0 radical (unpaired) electrons. The summed E-state index contributed by atoms with van der Waals surface area (Å²) in [5.74, 6) is -0.230. The Morgan fingerprint density at radius 3 is 2.42 bits per heavy atom. The molecule has 132 valence electrons. The second-order valence-corrected chi connectivity index (χ2v) is 6.07. The van der Waals surface area contributed by atoms with E-state index in [1.54, 1.807) is 18.2 Å². The number of amides is 1. The zero-order chi connectivity index (χ0) is 17.7. The van der Waals surface area contributed by atoms with Crippen LogP contribution in [0, 0.1) is 0 Å². The molecule has 0 heterocycles. The molecule has 24 heavy (non-hydrogen) atoms. The molecule has 7 nitrogen and oxygen atoms in total. The molecule has 0 unspecified atom stereocenters. The summed E-state index contributed by atoms with van der Waals surface area (Å²) in [7, 11) is 3.06. The molecule has 1 aromatic rings. The van der Waals surface area contributed by atoms with Crippen molar-refractivity contribution in [2.24, 2.45) is 5.73 Å². The van der Waals surface area contributed by atoms with Gasteiger partial charge in [-0.15, -0.1) is 0 Å². The highest BCUT2D eigenvalue weighted by Crippen LogP contribution is 2.32. The van der Waals surface area contributed by atoms with Crippen LogP contribution in [-0.4, -0.2) is 36.7 Å². The van der Waals surface area contributed by atoms with Crippen molar-refractivity contribution in [1.29, 1.82) is 0 Å². The van der Waals surface area contributed by atoms with Gasteiger partial charge in [0, 0.05) is 12.5 Å². The van der Waals surface area contributed by atoms with Gasteiger partial charge in [-0.2, -0.15) is 0 Å². The van der Waals surface area contributed by atoms with E-state index in [0.29, 0.717) is 24.3 Å². The fourth-order valence-electron chi connectivity index (χ4n) is 3.09. The van der Waals surface area contributed by atoms with Crippen LogP contribution in [0.5, 0.6) is 11.5 Å². The SMILES string of the molecule is COc1ccc([C@@H](N)CC(=O)NC2(C(=O)O)CCCC2)cc1OC.